The Bertz CT molecular complexity index is 1140. The largest absolute Gasteiger partial charge is 0.444 e. The molecule has 0 unspecified atom stereocenters. The fourth-order valence-corrected chi connectivity index (χ4v) is 3.95. The number of benzene rings is 1. The van der Waals surface area contributed by atoms with Crippen molar-refractivity contribution >= 4 is 39.2 Å². The van der Waals surface area contributed by atoms with Gasteiger partial charge in [0.2, 0.25) is 0 Å². The van der Waals surface area contributed by atoms with Gasteiger partial charge in [0.05, 0.1) is 30.0 Å². The number of aromatic nitrogens is 2. The number of rotatable bonds is 3. The molecule has 0 fully saturated rings. The van der Waals surface area contributed by atoms with Crippen molar-refractivity contribution in [2.45, 2.75) is 32.9 Å². The monoisotopic (exact) mass is 482 g/mol. The van der Waals surface area contributed by atoms with E-state index in [0.29, 0.717) is 16.9 Å². The average molecular weight is 483 g/mol. The van der Waals surface area contributed by atoms with Crippen LogP contribution in [0.2, 0.25) is 0 Å². The fraction of sp³-hybridized carbons (Fsp3) is 0.261. The second-order valence-electron chi connectivity index (χ2n) is 8.33. The van der Waals surface area contributed by atoms with Crippen LogP contribution in [0.4, 0.5) is 16.2 Å². The van der Waals surface area contributed by atoms with E-state index in [2.05, 4.69) is 31.2 Å². The number of anilines is 2. The number of hydrogen-bond donors (Lipinski definition) is 2. The number of hydrogen-bond acceptors (Lipinski definition) is 5. The highest BCUT2D eigenvalue weighted by Gasteiger charge is 2.34. The molecule has 0 radical (unpaired) electrons. The van der Waals surface area contributed by atoms with Gasteiger partial charge in [0.1, 0.15) is 5.60 Å². The number of nitrogens with zero attached hydrogens (tertiary/aromatic N) is 2. The molecule has 1 aliphatic rings. The van der Waals surface area contributed by atoms with Crippen molar-refractivity contribution in [1.29, 1.82) is 0 Å². The summed E-state index contributed by atoms with van der Waals surface area (Å²) in [5, 5.41) is 3.39. The van der Waals surface area contributed by atoms with E-state index in [4.69, 9.17) is 4.74 Å². The van der Waals surface area contributed by atoms with E-state index < -0.39 is 11.7 Å². The van der Waals surface area contributed by atoms with E-state index in [0.717, 1.165) is 21.4 Å². The van der Waals surface area contributed by atoms with Gasteiger partial charge in [-0.2, -0.15) is 0 Å². The van der Waals surface area contributed by atoms with Crippen LogP contribution in [0.15, 0.2) is 53.3 Å². The lowest BCUT2D eigenvalue weighted by molar-refractivity contribution is 0.0218. The molecule has 4 rings (SSSR count). The van der Waals surface area contributed by atoms with E-state index in [9.17, 15) is 9.59 Å². The molecular formula is C23H23BrN4O3. The summed E-state index contributed by atoms with van der Waals surface area (Å²) in [7, 11) is 0. The summed E-state index contributed by atoms with van der Waals surface area (Å²) in [5.41, 5.74) is 3.74. The molecule has 0 saturated carbocycles. The van der Waals surface area contributed by atoms with Crippen LogP contribution >= 0.6 is 15.9 Å². The van der Waals surface area contributed by atoms with Gasteiger partial charge in [0.15, 0.2) is 5.78 Å². The number of ether oxygens (including phenoxy) is 1. The lowest BCUT2D eigenvalue weighted by Crippen LogP contribution is -2.42. The standard InChI is InChI=1S/C23H23BrN4O3/c1-23(2,3)31-22(30)28-12-17-19(18(29)13-28)21(26-14-7-5-4-6-8-14)20(27-17)15-9-10-25-11-16(15)24/h4-11,26-27H,12-13H2,1-3H3. The van der Waals surface area contributed by atoms with Crippen LogP contribution in [0.25, 0.3) is 11.3 Å². The molecule has 160 valence electrons. The second-order valence-corrected chi connectivity index (χ2v) is 9.19. The maximum Gasteiger partial charge on any atom is 0.411 e. The van der Waals surface area contributed by atoms with Gasteiger partial charge < -0.3 is 15.0 Å². The number of amides is 1. The van der Waals surface area contributed by atoms with Crippen LogP contribution in [-0.4, -0.2) is 38.9 Å². The van der Waals surface area contributed by atoms with E-state index in [-0.39, 0.29) is 18.9 Å². The van der Waals surface area contributed by atoms with Crippen LogP contribution in [0.1, 0.15) is 36.8 Å². The number of para-hydroxylation sites is 1. The van der Waals surface area contributed by atoms with Crippen LogP contribution in [-0.2, 0) is 11.3 Å². The van der Waals surface area contributed by atoms with Crippen molar-refractivity contribution in [3.63, 3.8) is 0 Å². The first-order chi connectivity index (χ1) is 14.7. The van der Waals surface area contributed by atoms with Gasteiger partial charge in [0, 0.05) is 33.8 Å². The molecule has 1 amide bonds. The number of ketones is 1. The molecule has 0 spiro atoms. The summed E-state index contributed by atoms with van der Waals surface area (Å²) in [4.78, 5) is 34.7. The Morgan fingerprint density at radius 1 is 1.19 bits per heavy atom. The highest BCUT2D eigenvalue weighted by atomic mass is 79.9. The Balaban J connectivity index is 1.78. The zero-order chi connectivity index (χ0) is 22.2. The van der Waals surface area contributed by atoms with Crippen molar-refractivity contribution in [2.24, 2.45) is 0 Å². The van der Waals surface area contributed by atoms with Crippen molar-refractivity contribution in [1.82, 2.24) is 14.9 Å². The highest BCUT2D eigenvalue weighted by molar-refractivity contribution is 9.10. The number of nitrogens with one attached hydrogen (secondary N) is 2. The zero-order valence-corrected chi connectivity index (χ0v) is 19.1. The minimum Gasteiger partial charge on any atom is -0.444 e. The Morgan fingerprint density at radius 3 is 2.61 bits per heavy atom. The van der Waals surface area contributed by atoms with Gasteiger partial charge in [-0.25, -0.2) is 4.79 Å². The molecule has 3 aromatic rings. The number of aromatic amines is 1. The highest BCUT2D eigenvalue weighted by Crippen LogP contribution is 2.40. The first-order valence-corrected chi connectivity index (χ1v) is 10.7. The van der Waals surface area contributed by atoms with E-state index in [1.807, 2.05) is 36.4 Å². The first-order valence-electron chi connectivity index (χ1n) is 9.91. The predicted molar refractivity (Wildman–Crippen MR) is 122 cm³/mol. The normalized spacial score (nSPS) is 13.7. The fourth-order valence-electron chi connectivity index (χ4n) is 3.50. The smallest absolute Gasteiger partial charge is 0.411 e. The molecule has 3 heterocycles. The Hall–Kier alpha value is -3.13. The van der Waals surface area contributed by atoms with E-state index >= 15 is 0 Å². The summed E-state index contributed by atoms with van der Waals surface area (Å²) in [5.74, 6) is -0.154. The summed E-state index contributed by atoms with van der Waals surface area (Å²) in [6.45, 7) is 5.62. The Labute approximate surface area is 189 Å². The van der Waals surface area contributed by atoms with Gasteiger partial charge in [-0.15, -0.1) is 0 Å². The van der Waals surface area contributed by atoms with Crippen molar-refractivity contribution in [3.8, 4) is 11.3 Å². The van der Waals surface area contributed by atoms with Gasteiger partial charge in [0.25, 0.3) is 0 Å². The first kappa shape index (κ1) is 21.1. The SMILES string of the molecule is CC(C)(C)OC(=O)N1CC(=O)c2c([nH]c(-c3ccncc3Br)c2Nc2ccccc2)C1. The van der Waals surface area contributed by atoms with Gasteiger partial charge >= 0.3 is 6.09 Å². The number of halogens is 1. The number of pyridine rings is 1. The molecule has 2 N–H and O–H groups in total. The molecule has 1 aromatic carbocycles. The summed E-state index contributed by atoms with van der Waals surface area (Å²) in [6, 6.07) is 11.5. The summed E-state index contributed by atoms with van der Waals surface area (Å²) in [6.07, 6.45) is 2.89. The lowest BCUT2D eigenvalue weighted by atomic mass is 10.0. The molecule has 1 aliphatic heterocycles. The zero-order valence-electron chi connectivity index (χ0n) is 17.5. The third-order valence-electron chi connectivity index (χ3n) is 4.78. The number of carbonyl (C=O) groups excluding carboxylic acids is 2. The van der Waals surface area contributed by atoms with Crippen molar-refractivity contribution in [2.75, 3.05) is 11.9 Å². The van der Waals surface area contributed by atoms with Crippen LogP contribution in [0.5, 0.6) is 0 Å². The average Bonchev–Trinajstić information content (AvgIpc) is 3.06. The lowest BCUT2D eigenvalue weighted by Gasteiger charge is -2.29. The molecule has 0 bridgehead atoms. The molecular weight excluding hydrogens is 460 g/mol. The number of H-pyrrole nitrogens is 1. The predicted octanol–water partition coefficient (Wildman–Crippen LogP) is 5.52. The second kappa shape index (κ2) is 8.19. The van der Waals surface area contributed by atoms with Gasteiger partial charge in [-0.05, 0) is 54.9 Å². The maximum atomic E-state index is 13.2. The van der Waals surface area contributed by atoms with Crippen molar-refractivity contribution in [3.05, 3.63) is 64.5 Å². The topological polar surface area (TPSA) is 87.3 Å². The minimum atomic E-state index is -0.636. The minimum absolute atomic E-state index is 0.0415. The van der Waals surface area contributed by atoms with Crippen LogP contribution < -0.4 is 5.32 Å². The molecule has 0 atom stereocenters. The molecule has 7 nitrogen and oxygen atoms in total. The van der Waals surface area contributed by atoms with Crippen LogP contribution in [0, 0.1) is 0 Å². The third-order valence-corrected chi connectivity index (χ3v) is 5.41. The number of Topliss-reactive ketones (excluding diaryl/α,β-unsaturated/α-hetero) is 1. The third kappa shape index (κ3) is 4.49. The Kier molecular flexibility index (Phi) is 5.58. The molecule has 0 aliphatic carbocycles. The van der Waals surface area contributed by atoms with Crippen LogP contribution in [0.3, 0.4) is 0 Å². The Morgan fingerprint density at radius 2 is 1.94 bits per heavy atom. The van der Waals surface area contributed by atoms with E-state index in [1.54, 1.807) is 33.2 Å². The molecule has 2 aromatic heterocycles. The van der Waals surface area contributed by atoms with Gasteiger partial charge in [-0.1, -0.05) is 18.2 Å². The number of fused-ring (bicyclic) bond motifs is 1. The maximum absolute atomic E-state index is 13.2. The summed E-state index contributed by atoms with van der Waals surface area (Å²) >= 11 is 3.55. The number of carbonyl (C=O) groups is 2. The summed E-state index contributed by atoms with van der Waals surface area (Å²) < 4.78 is 6.26. The van der Waals surface area contributed by atoms with E-state index in [1.165, 1.54) is 4.90 Å². The quantitative estimate of drug-likeness (QED) is 0.513. The molecule has 31 heavy (non-hydrogen) atoms. The molecule has 0 saturated heterocycles. The van der Waals surface area contributed by atoms with Crippen molar-refractivity contribution < 1.29 is 14.3 Å². The molecule has 8 heteroatoms. The van der Waals surface area contributed by atoms with Gasteiger partial charge in [-0.3, -0.25) is 14.7 Å².